The van der Waals surface area contributed by atoms with Crippen molar-refractivity contribution < 1.29 is 9.59 Å². The molecule has 7 heteroatoms. The molecule has 0 saturated carbocycles. The van der Waals surface area contributed by atoms with E-state index >= 15 is 0 Å². The highest BCUT2D eigenvalue weighted by molar-refractivity contribution is 9.10. The number of aromatic nitrogens is 1. The van der Waals surface area contributed by atoms with Gasteiger partial charge in [-0.05, 0) is 46.3 Å². The molecule has 0 unspecified atom stereocenters. The second-order valence-electron chi connectivity index (χ2n) is 5.14. The molecule has 0 fully saturated rings. The lowest BCUT2D eigenvalue weighted by Gasteiger charge is -2.11. The first-order valence-electron chi connectivity index (χ1n) is 6.84. The van der Waals surface area contributed by atoms with Crippen LogP contribution in [0.3, 0.4) is 0 Å². The molecule has 2 aromatic rings. The summed E-state index contributed by atoms with van der Waals surface area (Å²) in [6, 6.07) is 9.60. The van der Waals surface area contributed by atoms with Gasteiger partial charge in [0.15, 0.2) is 0 Å². The zero-order valence-corrected chi connectivity index (χ0v) is 14.3. The quantitative estimate of drug-likeness (QED) is 0.884. The number of hydrogen-bond donors (Lipinski definition) is 1. The van der Waals surface area contributed by atoms with Gasteiger partial charge in [-0.1, -0.05) is 0 Å². The Hall–Kier alpha value is -2.41. The Kier molecular flexibility index (Phi) is 5.33. The van der Waals surface area contributed by atoms with Crippen LogP contribution < -0.4 is 10.9 Å². The van der Waals surface area contributed by atoms with E-state index in [1.165, 1.54) is 15.5 Å². The van der Waals surface area contributed by atoms with Gasteiger partial charge in [0.1, 0.15) is 6.54 Å². The summed E-state index contributed by atoms with van der Waals surface area (Å²) >= 11 is 3.26. The number of halogens is 1. The van der Waals surface area contributed by atoms with E-state index in [1.807, 2.05) is 0 Å². The Morgan fingerprint density at radius 2 is 1.78 bits per heavy atom. The molecule has 23 heavy (non-hydrogen) atoms. The Morgan fingerprint density at radius 3 is 2.39 bits per heavy atom. The van der Waals surface area contributed by atoms with Gasteiger partial charge in [-0.3, -0.25) is 14.4 Å². The molecule has 0 aliphatic rings. The van der Waals surface area contributed by atoms with Crippen molar-refractivity contribution >= 4 is 33.4 Å². The van der Waals surface area contributed by atoms with E-state index in [0.717, 1.165) is 4.47 Å². The predicted molar refractivity (Wildman–Crippen MR) is 91.5 cm³/mol. The molecule has 2 amide bonds. The summed E-state index contributed by atoms with van der Waals surface area (Å²) in [5, 5.41) is 2.69. The van der Waals surface area contributed by atoms with E-state index < -0.39 is 0 Å². The molecule has 1 N–H and O–H groups in total. The van der Waals surface area contributed by atoms with E-state index in [0.29, 0.717) is 11.3 Å². The van der Waals surface area contributed by atoms with Gasteiger partial charge in [0.05, 0.1) is 0 Å². The van der Waals surface area contributed by atoms with E-state index in [4.69, 9.17) is 0 Å². The van der Waals surface area contributed by atoms with Crippen LogP contribution in [0.2, 0.25) is 0 Å². The number of carbonyl (C=O) groups excluding carboxylic acids is 2. The highest BCUT2D eigenvalue weighted by Crippen LogP contribution is 2.11. The molecule has 1 aromatic carbocycles. The van der Waals surface area contributed by atoms with Gasteiger partial charge >= 0.3 is 0 Å². The topological polar surface area (TPSA) is 71.4 Å². The zero-order valence-electron chi connectivity index (χ0n) is 12.7. The smallest absolute Gasteiger partial charge is 0.253 e. The van der Waals surface area contributed by atoms with Gasteiger partial charge in [-0.2, -0.15) is 0 Å². The summed E-state index contributed by atoms with van der Waals surface area (Å²) in [4.78, 5) is 36.9. The maximum atomic E-state index is 12.0. The van der Waals surface area contributed by atoms with Crippen molar-refractivity contribution in [1.29, 1.82) is 0 Å². The fourth-order valence-electron chi connectivity index (χ4n) is 1.94. The lowest BCUT2D eigenvalue weighted by Crippen LogP contribution is -2.26. The van der Waals surface area contributed by atoms with Gasteiger partial charge in [-0.15, -0.1) is 0 Å². The number of carbonyl (C=O) groups is 2. The molecule has 1 aromatic heterocycles. The SMILES string of the molecule is CN(C)C(=O)c1ccc(NC(=O)Cn2cc(Br)ccc2=O)cc1. The molecule has 0 atom stereocenters. The largest absolute Gasteiger partial charge is 0.345 e. The minimum absolute atomic E-state index is 0.0867. The van der Waals surface area contributed by atoms with Crippen LogP contribution in [-0.4, -0.2) is 35.4 Å². The van der Waals surface area contributed by atoms with Crippen LogP contribution >= 0.6 is 15.9 Å². The molecular weight excluding hydrogens is 362 g/mol. The number of benzene rings is 1. The number of nitrogens with zero attached hydrogens (tertiary/aromatic N) is 2. The Balaban J connectivity index is 2.04. The van der Waals surface area contributed by atoms with Gasteiger partial charge < -0.3 is 14.8 Å². The first-order chi connectivity index (χ1) is 10.9. The lowest BCUT2D eigenvalue weighted by molar-refractivity contribution is -0.116. The molecule has 0 radical (unpaired) electrons. The van der Waals surface area contributed by atoms with E-state index in [-0.39, 0.29) is 23.9 Å². The maximum absolute atomic E-state index is 12.0. The molecule has 120 valence electrons. The number of nitrogens with one attached hydrogen (secondary N) is 1. The van der Waals surface area contributed by atoms with Crippen LogP contribution in [0.15, 0.2) is 51.9 Å². The fraction of sp³-hybridized carbons (Fsp3) is 0.188. The van der Waals surface area contributed by atoms with Gasteiger partial charge in [0.25, 0.3) is 11.5 Å². The van der Waals surface area contributed by atoms with Crippen molar-refractivity contribution in [1.82, 2.24) is 9.47 Å². The van der Waals surface area contributed by atoms with E-state index in [9.17, 15) is 14.4 Å². The van der Waals surface area contributed by atoms with Crippen molar-refractivity contribution in [3.8, 4) is 0 Å². The summed E-state index contributed by atoms with van der Waals surface area (Å²) in [7, 11) is 3.35. The molecule has 2 rings (SSSR count). The summed E-state index contributed by atoms with van der Waals surface area (Å²) in [6.45, 7) is -0.0867. The standard InChI is InChI=1S/C16H16BrN3O3/c1-19(2)16(23)11-3-6-13(7-4-11)18-14(21)10-20-9-12(17)5-8-15(20)22/h3-9H,10H2,1-2H3,(H,18,21). The number of hydrogen-bond acceptors (Lipinski definition) is 3. The minimum Gasteiger partial charge on any atom is -0.345 e. The zero-order chi connectivity index (χ0) is 17.0. The van der Waals surface area contributed by atoms with Crippen LogP contribution in [0.25, 0.3) is 0 Å². The minimum atomic E-state index is -0.322. The highest BCUT2D eigenvalue weighted by atomic mass is 79.9. The number of pyridine rings is 1. The predicted octanol–water partition coefficient (Wildman–Crippen LogP) is 1.95. The van der Waals surface area contributed by atoms with Crippen molar-refractivity contribution in [2.24, 2.45) is 0 Å². The summed E-state index contributed by atoms with van der Waals surface area (Å²) in [5.41, 5.74) is 0.847. The number of anilines is 1. The van der Waals surface area contributed by atoms with Crippen molar-refractivity contribution in [2.75, 3.05) is 19.4 Å². The molecule has 0 saturated heterocycles. The van der Waals surface area contributed by atoms with Gasteiger partial charge in [0.2, 0.25) is 5.91 Å². The Labute approximate surface area is 141 Å². The van der Waals surface area contributed by atoms with E-state index in [2.05, 4.69) is 21.2 Å². The van der Waals surface area contributed by atoms with Crippen LogP contribution in [0.1, 0.15) is 10.4 Å². The monoisotopic (exact) mass is 377 g/mol. The van der Waals surface area contributed by atoms with Crippen LogP contribution in [0, 0.1) is 0 Å². The molecule has 1 heterocycles. The van der Waals surface area contributed by atoms with Gasteiger partial charge in [0, 0.05) is 42.1 Å². The normalized spacial score (nSPS) is 10.2. The maximum Gasteiger partial charge on any atom is 0.253 e. The third-order valence-electron chi connectivity index (χ3n) is 3.08. The lowest BCUT2D eigenvalue weighted by atomic mass is 10.2. The third-order valence-corrected chi connectivity index (χ3v) is 3.55. The molecule has 0 spiro atoms. The first kappa shape index (κ1) is 17.0. The average molecular weight is 378 g/mol. The molecule has 0 aliphatic carbocycles. The summed E-state index contributed by atoms with van der Waals surface area (Å²) in [6.07, 6.45) is 1.56. The van der Waals surface area contributed by atoms with Gasteiger partial charge in [-0.25, -0.2) is 0 Å². The van der Waals surface area contributed by atoms with Crippen LogP contribution in [0.4, 0.5) is 5.69 Å². The summed E-state index contributed by atoms with van der Waals surface area (Å²) < 4.78 is 2.03. The summed E-state index contributed by atoms with van der Waals surface area (Å²) in [5.74, 6) is -0.430. The van der Waals surface area contributed by atoms with E-state index in [1.54, 1.807) is 50.6 Å². The molecule has 0 bridgehead atoms. The number of rotatable bonds is 4. The Morgan fingerprint density at radius 1 is 1.13 bits per heavy atom. The van der Waals surface area contributed by atoms with Crippen molar-refractivity contribution in [3.63, 3.8) is 0 Å². The second-order valence-corrected chi connectivity index (χ2v) is 6.05. The van der Waals surface area contributed by atoms with Crippen molar-refractivity contribution in [2.45, 2.75) is 6.54 Å². The van der Waals surface area contributed by atoms with Crippen LogP contribution in [0.5, 0.6) is 0 Å². The second kappa shape index (κ2) is 7.23. The fourth-order valence-corrected chi connectivity index (χ4v) is 2.31. The third kappa shape index (κ3) is 4.53. The molecule has 6 nitrogen and oxygen atoms in total. The molecular formula is C16H16BrN3O3. The Bertz CT molecular complexity index is 782. The van der Waals surface area contributed by atoms with Crippen molar-refractivity contribution in [3.05, 3.63) is 63.0 Å². The molecule has 0 aliphatic heterocycles. The van der Waals surface area contributed by atoms with Crippen LogP contribution in [-0.2, 0) is 11.3 Å². The highest BCUT2D eigenvalue weighted by Gasteiger charge is 2.09. The average Bonchev–Trinajstić information content (AvgIpc) is 2.51. The first-order valence-corrected chi connectivity index (χ1v) is 7.63. The number of amides is 2.